The molecule has 0 aromatic rings. The van der Waals surface area contributed by atoms with E-state index in [4.69, 9.17) is 9.47 Å². The lowest BCUT2D eigenvalue weighted by Gasteiger charge is -2.26. The second kappa shape index (κ2) is 5.02. The monoisotopic (exact) mass is 193 g/mol. The molecule has 2 heterocycles. The first-order valence-electron chi connectivity index (χ1n) is 4.41. The van der Waals surface area contributed by atoms with Gasteiger partial charge in [0.05, 0.1) is 13.2 Å². The molecule has 0 spiro atoms. The Labute approximate surface area is 79.2 Å². The first-order valence-corrected chi connectivity index (χ1v) is 4.41. The summed E-state index contributed by atoms with van der Waals surface area (Å²) in [7, 11) is 0. The van der Waals surface area contributed by atoms with Crippen molar-refractivity contribution in [2.75, 3.05) is 26.3 Å². The van der Waals surface area contributed by atoms with E-state index in [9.17, 15) is 0 Å². The van der Waals surface area contributed by atoms with Gasteiger partial charge in [-0.05, 0) is 25.9 Å². The predicted molar refractivity (Wildman–Crippen MR) is 48.5 cm³/mol. The fourth-order valence-corrected chi connectivity index (χ4v) is 1.77. The van der Waals surface area contributed by atoms with E-state index in [0.29, 0.717) is 5.92 Å². The van der Waals surface area contributed by atoms with Crippen LogP contribution in [0.25, 0.3) is 0 Å². The molecule has 0 atom stereocenters. The van der Waals surface area contributed by atoms with Crippen molar-refractivity contribution in [2.24, 2.45) is 5.92 Å². The lowest BCUT2D eigenvalue weighted by Crippen LogP contribution is -2.34. The van der Waals surface area contributed by atoms with Crippen molar-refractivity contribution in [3.63, 3.8) is 0 Å². The van der Waals surface area contributed by atoms with Crippen LogP contribution in [-0.2, 0) is 9.47 Å². The Morgan fingerprint density at radius 2 is 1.58 bits per heavy atom. The highest BCUT2D eigenvalue weighted by Gasteiger charge is 2.27. The van der Waals surface area contributed by atoms with Gasteiger partial charge in [0.1, 0.15) is 0 Å². The van der Waals surface area contributed by atoms with E-state index in [1.165, 1.54) is 12.8 Å². The van der Waals surface area contributed by atoms with Crippen LogP contribution in [-0.4, -0.2) is 32.6 Å². The number of rotatable bonds is 1. The molecule has 0 aromatic carbocycles. The van der Waals surface area contributed by atoms with Crippen LogP contribution in [0.2, 0.25) is 0 Å². The summed E-state index contributed by atoms with van der Waals surface area (Å²) in [5, 5.41) is 3.33. The molecule has 0 aliphatic carbocycles. The Kier molecular flexibility index (Phi) is 4.29. The summed E-state index contributed by atoms with van der Waals surface area (Å²) in [5.74, 6) is 0.638. The quantitative estimate of drug-likeness (QED) is 0.668. The summed E-state index contributed by atoms with van der Waals surface area (Å²) in [6, 6.07) is 0. The first-order chi connectivity index (χ1) is 5.47. The molecule has 2 saturated heterocycles. The standard InChI is InChI=1S/C8H15NO2.ClH/c1-3-9-4-2-7(1)8-10-5-6-11-8;/h7-9H,1-6H2;1H. The Morgan fingerprint density at radius 3 is 2.17 bits per heavy atom. The normalized spacial score (nSPS) is 27.0. The minimum absolute atomic E-state index is 0. The maximum absolute atomic E-state index is 5.44. The molecule has 0 saturated carbocycles. The van der Waals surface area contributed by atoms with Crippen LogP contribution >= 0.6 is 12.4 Å². The minimum atomic E-state index is 0. The molecule has 12 heavy (non-hydrogen) atoms. The number of halogens is 1. The molecule has 4 heteroatoms. The molecule has 72 valence electrons. The molecule has 2 aliphatic rings. The Hall–Kier alpha value is 0.170. The van der Waals surface area contributed by atoms with Crippen LogP contribution in [0.5, 0.6) is 0 Å². The molecule has 0 radical (unpaired) electrons. The summed E-state index contributed by atoms with van der Waals surface area (Å²) in [6.45, 7) is 3.81. The molecule has 2 fully saturated rings. The van der Waals surface area contributed by atoms with Crippen molar-refractivity contribution in [3.05, 3.63) is 0 Å². The van der Waals surface area contributed by atoms with Crippen molar-refractivity contribution in [2.45, 2.75) is 19.1 Å². The SMILES string of the molecule is C1CC(C2OCCO2)CCN1.Cl. The third-order valence-corrected chi connectivity index (χ3v) is 2.42. The lowest BCUT2D eigenvalue weighted by atomic mass is 9.98. The highest BCUT2D eigenvalue weighted by Crippen LogP contribution is 2.22. The Bertz CT molecular complexity index is 122. The van der Waals surface area contributed by atoms with E-state index in [-0.39, 0.29) is 18.7 Å². The molecule has 2 aliphatic heterocycles. The van der Waals surface area contributed by atoms with Gasteiger partial charge >= 0.3 is 0 Å². The summed E-state index contributed by atoms with van der Waals surface area (Å²) >= 11 is 0. The zero-order valence-corrected chi connectivity index (χ0v) is 7.94. The second-order valence-electron chi connectivity index (χ2n) is 3.20. The second-order valence-corrected chi connectivity index (χ2v) is 3.20. The van der Waals surface area contributed by atoms with Gasteiger partial charge < -0.3 is 14.8 Å². The number of nitrogens with one attached hydrogen (secondary N) is 1. The molecule has 0 amide bonds. The minimum Gasteiger partial charge on any atom is -0.350 e. The largest absolute Gasteiger partial charge is 0.350 e. The van der Waals surface area contributed by atoms with Gasteiger partial charge in [0, 0.05) is 5.92 Å². The van der Waals surface area contributed by atoms with Crippen molar-refractivity contribution in [1.29, 1.82) is 0 Å². The fraction of sp³-hybridized carbons (Fsp3) is 1.00. The third kappa shape index (κ3) is 2.33. The van der Waals surface area contributed by atoms with Gasteiger partial charge in [0.2, 0.25) is 0 Å². The van der Waals surface area contributed by atoms with Crippen molar-refractivity contribution < 1.29 is 9.47 Å². The molecule has 0 bridgehead atoms. The van der Waals surface area contributed by atoms with Gasteiger partial charge in [-0.15, -0.1) is 12.4 Å². The van der Waals surface area contributed by atoms with Crippen LogP contribution < -0.4 is 5.32 Å². The lowest BCUT2D eigenvalue weighted by molar-refractivity contribution is -0.0902. The van der Waals surface area contributed by atoms with E-state index in [0.717, 1.165) is 26.3 Å². The maximum Gasteiger partial charge on any atom is 0.160 e. The molecule has 1 N–H and O–H groups in total. The summed E-state index contributed by atoms with van der Waals surface area (Å²) in [5.41, 5.74) is 0. The van der Waals surface area contributed by atoms with Crippen LogP contribution in [0.4, 0.5) is 0 Å². The molecule has 2 rings (SSSR count). The number of hydrogen-bond acceptors (Lipinski definition) is 3. The highest BCUT2D eigenvalue weighted by molar-refractivity contribution is 5.85. The smallest absolute Gasteiger partial charge is 0.160 e. The van der Waals surface area contributed by atoms with Gasteiger partial charge in [-0.1, -0.05) is 0 Å². The Balaban J connectivity index is 0.000000720. The molecule has 0 aromatic heterocycles. The van der Waals surface area contributed by atoms with Crippen LogP contribution in [0, 0.1) is 5.92 Å². The van der Waals surface area contributed by atoms with Gasteiger partial charge in [-0.3, -0.25) is 0 Å². The van der Waals surface area contributed by atoms with Gasteiger partial charge in [0.15, 0.2) is 6.29 Å². The average Bonchev–Trinajstić information content (AvgIpc) is 2.58. The number of piperidine rings is 1. The van der Waals surface area contributed by atoms with E-state index >= 15 is 0 Å². The van der Waals surface area contributed by atoms with Crippen molar-refractivity contribution in [1.82, 2.24) is 5.32 Å². The molecular weight excluding hydrogens is 178 g/mol. The van der Waals surface area contributed by atoms with E-state index in [2.05, 4.69) is 5.32 Å². The van der Waals surface area contributed by atoms with Crippen molar-refractivity contribution >= 4 is 12.4 Å². The highest BCUT2D eigenvalue weighted by atomic mass is 35.5. The van der Waals surface area contributed by atoms with Gasteiger partial charge in [-0.25, -0.2) is 0 Å². The van der Waals surface area contributed by atoms with E-state index < -0.39 is 0 Å². The summed E-state index contributed by atoms with van der Waals surface area (Å²) < 4.78 is 10.9. The van der Waals surface area contributed by atoms with Crippen LogP contribution in [0.1, 0.15) is 12.8 Å². The maximum atomic E-state index is 5.44. The first kappa shape index (κ1) is 10.3. The summed E-state index contributed by atoms with van der Waals surface area (Å²) in [4.78, 5) is 0. The van der Waals surface area contributed by atoms with Gasteiger partial charge in [0.25, 0.3) is 0 Å². The van der Waals surface area contributed by atoms with Crippen LogP contribution in [0.15, 0.2) is 0 Å². The molecule has 3 nitrogen and oxygen atoms in total. The summed E-state index contributed by atoms with van der Waals surface area (Å²) in [6.07, 6.45) is 2.51. The van der Waals surface area contributed by atoms with Crippen molar-refractivity contribution in [3.8, 4) is 0 Å². The third-order valence-electron chi connectivity index (χ3n) is 2.42. The zero-order valence-electron chi connectivity index (χ0n) is 7.12. The van der Waals surface area contributed by atoms with E-state index in [1.807, 2.05) is 0 Å². The Morgan fingerprint density at radius 1 is 1.00 bits per heavy atom. The van der Waals surface area contributed by atoms with E-state index in [1.54, 1.807) is 0 Å². The number of hydrogen-bond donors (Lipinski definition) is 1. The van der Waals surface area contributed by atoms with Gasteiger partial charge in [-0.2, -0.15) is 0 Å². The van der Waals surface area contributed by atoms with Crippen LogP contribution in [0.3, 0.4) is 0 Å². The fourth-order valence-electron chi connectivity index (χ4n) is 1.77. The molecule has 0 unspecified atom stereocenters. The zero-order chi connectivity index (χ0) is 7.52. The average molecular weight is 194 g/mol. The topological polar surface area (TPSA) is 30.5 Å². The number of ether oxygens (including phenoxy) is 2. The predicted octanol–water partition coefficient (Wildman–Crippen LogP) is 0.781. The molecular formula is C8H16ClNO2.